The number of carbonyl (C=O) groups is 1. The summed E-state index contributed by atoms with van der Waals surface area (Å²) in [6.07, 6.45) is 4.31. The van der Waals surface area contributed by atoms with Gasteiger partial charge in [0.15, 0.2) is 0 Å². The fraction of sp³-hybridized carbons (Fsp3) is 0.696. The highest BCUT2D eigenvalue weighted by Gasteiger charge is 2.40. The molecule has 0 radical (unpaired) electrons. The Hall–Kier alpha value is -1.18. The first kappa shape index (κ1) is 23.5. The number of benzene rings is 1. The lowest BCUT2D eigenvalue weighted by Crippen LogP contribution is -2.51. The van der Waals surface area contributed by atoms with Gasteiger partial charge in [0.25, 0.3) is 0 Å². The number of nitrogens with zero attached hydrogens (tertiary/aromatic N) is 2. The van der Waals surface area contributed by atoms with Gasteiger partial charge in [0.2, 0.25) is 5.91 Å². The number of hydrogen-bond donors (Lipinski definition) is 2. The van der Waals surface area contributed by atoms with Crippen LogP contribution in [0.15, 0.2) is 24.3 Å². The van der Waals surface area contributed by atoms with E-state index in [1.807, 2.05) is 18.2 Å². The highest BCUT2D eigenvalue weighted by atomic mass is 35.5. The lowest BCUT2D eigenvalue weighted by Gasteiger charge is -2.39. The molecule has 3 rings (SSSR count). The molecule has 1 amide bonds. The summed E-state index contributed by atoms with van der Waals surface area (Å²) in [5, 5.41) is 7.50. The third kappa shape index (κ3) is 6.41. The maximum absolute atomic E-state index is 12.9. The van der Waals surface area contributed by atoms with E-state index in [1.165, 1.54) is 13.0 Å². The molecule has 7 heteroatoms. The lowest BCUT2D eigenvalue weighted by atomic mass is 10.0. The predicted octanol–water partition coefficient (Wildman–Crippen LogP) is 2.51. The molecule has 0 aliphatic carbocycles. The Balaban J connectivity index is 1.60. The van der Waals surface area contributed by atoms with Crippen LogP contribution in [-0.2, 0) is 16.1 Å². The summed E-state index contributed by atoms with van der Waals surface area (Å²) in [7, 11) is 1.66. The molecule has 30 heavy (non-hydrogen) atoms. The van der Waals surface area contributed by atoms with Crippen molar-refractivity contribution in [1.82, 2.24) is 20.4 Å². The SMILES string of the molecule is CCCN1CCC(N2C[C@H](NCc3ccccc3Cl)C[C@H]2C(=O)NCCOC)CC1. The standard InChI is InChI=1S/C23H37ClN4O2/c1-3-11-27-12-8-20(9-13-27)28-17-19(15-22(28)23(29)25-10-14-30-2)26-16-18-6-4-5-7-21(18)24/h4-7,19-20,22,26H,3,8-17H2,1-2H3,(H,25,29)/t19-,22+/m1/s1. The number of carbonyl (C=O) groups excluding carboxylic acids is 1. The van der Waals surface area contributed by atoms with E-state index < -0.39 is 0 Å². The molecule has 1 aromatic carbocycles. The van der Waals surface area contributed by atoms with Crippen molar-refractivity contribution in [2.45, 2.75) is 57.3 Å². The molecule has 0 spiro atoms. The molecule has 168 valence electrons. The van der Waals surface area contributed by atoms with E-state index in [0.29, 0.717) is 19.2 Å². The Morgan fingerprint density at radius 2 is 2.03 bits per heavy atom. The second kappa shape index (κ2) is 12.0. The van der Waals surface area contributed by atoms with E-state index in [9.17, 15) is 4.79 Å². The van der Waals surface area contributed by atoms with E-state index in [-0.39, 0.29) is 18.0 Å². The first-order valence-corrected chi connectivity index (χ1v) is 11.7. The molecular weight excluding hydrogens is 400 g/mol. The second-order valence-corrected chi connectivity index (χ2v) is 8.88. The summed E-state index contributed by atoms with van der Waals surface area (Å²) in [5.41, 5.74) is 1.10. The zero-order valence-corrected chi connectivity index (χ0v) is 19.2. The molecule has 0 bridgehead atoms. The Morgan fingerprint density at radius 1 is 1.27 bits per heavy atom. The minimum absolute atomic E-state index is 0.0756. The van der Waals surface area contributed by atoms with Crippen LogP contribution in [0.5, 0.6) is 0 Å². The maximum atomic E-state index is 12.9. The van der Waals surface area contributed by atoms with Gasteiger partial charge in [0.05, 0.1) is 12.6 Å². The van der Waals surface area contributed by atoms with Gasteiger partial charge < -0.3 is 20.3 Å². The van der Waals surface area contributed by atoms with Crippen LogP contribution in [0, 0.1) is 0 Å². The smallest absolute Gasteiger partial charge is 0.237 e. The molecule has 2 saturated heterocycles. The average molecular weight is 437 g/mol. The van der Waals surface area contributed by atoms with Crippen molar-refractivity contribution in [2.75, 3.05) is 46.4 Å². The van der Waals surface area contributed by atoms with E-state index in [2.05, 4.69) is 33.4 Å². The normalized spacial score (nSPS) is 23.7. The molecule has 0 saturated carbocycles. The van der Waals surface area contributed by atoms with Crippen LogP contribution in [0.4, 0.5) is 0 Å². The van der Waals surface area contributed by atoms with Gasteiger partial charge in [-0.05, 0) is 56.9 Å². The molecule has 2 N–H and O–H groups in total. The number of amides is 1. The van der Waals surface area contributed by atoms with Crippen LogP contribution < -0.4 is 10.6 Å². The molecule has 2 fully saturated rings. The number of halogens is 1. The van der Waals surface area contributed by atoms with E-state index in [0.717, 1.165) is 56.0 Å². The lowest BCUT2D eigenvalue weighted by molar-refractivity contribution is -0.126. The minimum atomic E-state index is -0.0756. The Bertz CT molecular complexity index is 666. The van der Waals surface area contributed by atoms with E-state index in [1.54, 1.807) is 7.11 Å². The minimum Gasteiger partial charge on any atom is -0.383 e. The van der Waals surface area contributed by atoms with Gasteiger partial charge in [-0.1, -0.05) is 36.7 Å². The molecule has 2 heterocycles. The van der Waals surface area contributed by atoms with E-state index >= 15 is 0 Å². The monoisotopic (exact) mass is 436 g/mol. The highest BCUT2D eigenvalue weighted by molar-refractivity contribution is 6.31. The van der Waals surface area contributed by atoms with Crippen molar-refractivity contribution in [3.05, 3.63) is 34.9 Å². The van der Waals surface area contributed by atoms with Crippen LogP contribution in [0.1, 0.15) is 38.2 Å². The van der Waals surface area contributed by atoms with Crippen molar-refractivity contribution in [3.8, 4) is 0 Å². The summed E-state index contributed by atoms with van der Waals surface area (Å²) < 4.78 is 5.09. The van der Waals surface area contributed by atoms with Gasteiger partial charge in [-0.25, -0.2) is 0 Å². The van der Waals surface area contributed by atoms with Crippen molar-refractivity contribution < 1.29 is 9.53 Å². The molecule has 1 aromatic rings. The number of ether oxygens (including phenoxy) is 1. The van der Waals surface area contributed by atoms with Gasteiger partial charge in [0.1, 0.15) is 0 Å². The van der Waals surface area contributed by atoms with Crippen LogP contribution in [-0.4, -0.2) is 80.3 Å². The van der Waals surface area contributed by atoms with Crippen LogP contribution in [0.25, 0.3) is 0 Å². The largest absolute Gasteiger partial charge is 0.383 e. The van der Waals surface area contributed by atoms with Crippen LogP contribution >= 0.6 is 11.6 Å². The molecule has 2 aliphatic rings. The fourth-order valence-corrected chi connectivity index (χ4v) is 4.95. The summed E-state index contributed by atoms with van der Waals surface area (Å²) >= 11 is 6.32. The van der Waals surface area contributed by atoms with E-state index in [4.69, 9.17) is 16.3 Å². The first-order chi connectivity index (χ1) is 14.6. The highest BCUT2D eigenvalue weighted by Crippen LogP contribution is 2.27. The van der Waals surface area contributed by atoms with Gasteiger partial charge in [-0.3, -0.25) is 9.69 Å². The zero-order valence-electron chi connectivity index (χ0n) is 18.4. The number of rotatable bonds is 10. The summed E-state index contributed by atoms with van der Waals surface area (Å²) in [5.74, 6) is 0.130. The third-order valence-electron chi connectivity index (χ3n) is 6.35. The number of piperidine rings is 1. The maximum Gasteiger partial charge on any atom is 0.237 e. The summed E-state index contributed by atoms with van der Waals surface area (Å²) in [6.45, 7) is 8.41. The molecule has 2 aliphatic heterocycles. The zero-order chi connectivity index (χ0) is 21.3. The van der Waals surface area contributed by atoms with Gasteiger partial charge in [-0.2, -0.15) is 0 Å². The summed E-state index contributed by atoms with van der Waals surface area (Å²) in [4.78, 5) is 17.9. The van der Waals surface area contributed by atoms with Gasteiger partial charge in [-0.15, -0.1) is 0 Å². The van der Waals surface area contributed by atoms with Crippen LogP contribution in [0.3, 0.4) is 0 Å². The van der Waals surface area contributed by atoms with Crippen molar-refractivity contribution >= 4 is 17.5 Å². The Morgan fingerprint density at radius 3 is 2.73 bits per heavy atom. The Kier molecular flexibility index (Phi) is 9.40. The predicted molar refractivity (Wildman–Crippen MR) is 122 cm³/mol. The number of methoxy groups -OCH3 is 1. The Labute approximate surface area is 186 Å². The van der Waals surface area contributed by atoms with Gasteiger partial charge in [0, 0.05) is 43.9 Å². The van der Waals surface area contributed by atoms with Crippen LogP contribution in [0.2, 0.25) is 5.02 Å². The molecule has 6 nitrogen and oxygen atoms in total. The van der Waals surface area contributed by atoms with Crippen molar-refractivity contribution in [1.29, 1.82) is 0 Å². The molecule has 2 atom stereocenters. The summed E-state index contributed by atoms with van der Waals surface area (Å²) in [6, 6.07) is 8.63. The van der Waals surface area contributed by atoms with Crippen molar-refractivity contribution in [3.63, 3.8) is 0 Å². The molecular formula is C23H37ClN4O2. The average Bonchev–Trinajstić information content (AvgIpc) is 3.18. The molecule has 0 unspecified atom stereocenters. The topological polar surface area (TPSA) is 56.8 Å². The second-order valence-electron chi connectivity index (χ2n) is 8.47. The number of likely N-dealkylation sites (tertiary alicyclic amines) is 2. The quantitative estimate of drug-likeness (QED) is 0.552. The first-order valence-electron chi connectivity index (χ1n) is 11.3. The number of hydrogen-bond acceptors (Lipinski definition) is 5. The number of nitrogens with one attached hydrogen (secondary N) is 2. The van der Waals surface area contributed by atoms with Gasteiger partial charge >= 0.3 is 0 Å². The van der Waals surface area contributed by atoms with Crippen molar-refractivity contribution in [2.24, 2.45) is 0 Å². The third-order valence-corrected chi connectivity index (χ3v) is 6.72. The molecule has 0 aromatic heterocycles. The fourth-order valence-electron chi connectivity index (χ4n) is 4.75.